The lowest BCUT2D eigenvalue weighted by molar-refractivity contribution is 0.210. The topological polar surface area (TPSA) is 36.3 Å². The Morgan fingerprint density at radius 3 is 2.55 bits per heavy atom. The van der Waals surface area contributed by atoms with Crippen LogP contribution in [0.3, 0.4) is 0 Å². The van der Waals surface area contributed by atoms with Gasteiger partial charge in [-0.15, -0.1) is 6.58 Å². The highest BCUT2D eigenvalue weighted by Gasteiger charge is 2.18. The van der Waals surface area contributed by atoms with Crippen LogP contribution < -0.4 is 9.47 Å². The van der Waals surface area contributed by atoms with Crippen molar-refractivity contribution in [2.75, 3.05) is 6.61 Å². The molecule has 4 aromatic rings. The zero-order valence-corrected chi connectivity index (χ0v) is 17.9. The highest BCUT2D eigenvalue weighted by Crippen LogP contribution is 2.26. The van der Waals surface area contributed by atoms with Crippen molar-refractivity contribution >= 4 is 11.0 Å². The molecule has 0 saturated carbocycles. The molecule has 31 heavy (non-hydrogen) atoms. The monoisotopic (exact) mass is 412 g/mol. The maximum Gasteiger partial charge on any atom is 0.153 e. The molecule has 158 valence electrons. The molecular weight excluding hydrogens is 384 g/mol. The second-order valence-electron chi connectivity index (χ2n) is 7.49. The molecule has 0 aliphatic heterocycles. The van der Waals surface area contributed by atoms with Crippen LogP contribution in [0.4, 0.5) is 0 Å². The number of allylic oxidation sites excluding steroid dienone is 1. The third kappa shape index (κ3) is 4.97. The minimum absolute atomic E-state index is 0.163. The molecule has 0 N–H and O–H groups in total. The van der Waals surface area contributed by atoms with Crippen LogP contribution in [0.5, 0.6) is 11.5 Å². The lowest BCUT2D eigenvalue weighted by Crippen LogP contribution is -2.13. The van der Waals surface area contributed by atoms with E-state index < -0.39 is 0 Å². The third-order valence-electron chi connectivity index (χ3n) is 5.22. The molecule has 0 radical (unpaired) electrons. The number of nitrogens with zero attached hydrogens (tertiary/aromatic N) is 2. The van der Waals surface area contributed by atoms with Gasteiger partial charge in [0, 0.05) is 6.54 Å². The molecule has 4 rings (SSSR count). The first-order valence-electron chi connectivity index (χ1n) is 10.7. The number of para-hydroxylation sites is 4. The van der Waals surface area contributed by atoms with Gasteiger partial charge in [0.05, 0.1) is 17.6 Å². The van der Waals surface area contributed by atoms with Gasteiger partial charge in [0.2, 0.25) is 0 Å². The van der Waals surface area contributed by atoms with Gasteiger partial charge in [-0.25, -0.2) is 4.98 Å². The fourth-order valence-electron chi connectivity index (χ4n) is 3.77. The van der Waals surface area contributed by atoms with Crippen molar-refractivity contribution in [3.8, 4) is 11.5 Å². The summed E-state index contributed by atoms with van der Waals surface area (Å²) in [5.74, 6) is 2.70. The van der Waals surface area contributed by atoms with E-state index in [1.807, 2.05) is 73.7 Å². The lowest BCUT2D eigenvalue weighted by atomic mass is 10.1. The molecule has 4 heteroatoms. The van der Waals surface area contributed by atoms with Crippen LogP contribution in [0, 0.1) is 0 Å². The second kappa shape index (κ2) is 9.98. The molecular formula is C27H28N2O2. The van der Waals surface area contributed by atoms with Crippen LogP contribution in [0.25, 0.3) is 11.0 Å². The van der Waals surface area contributed by atoms with Gasteiger partial charge in [0.1, 0.15) is 11.5 Å². The van der Waals surface area contributed by atoms with Crippen molar-refractivity contribution in [3.05, 3.63) is 103 Å². The fraction of sp³-hybridized carbons (Fsp3) is 0.222. The van der Waals surface area contributed by atoms with E-state index in [1.165, 1.54) is 0 Å². The summed E-state index contributed by atoms with van der Waals surface area (Å²) in [5, 5.41) is 0. The molecule has 0 saturated heterocycles. The first-order valence-corrected chi connectivity index (χ1v) is 10.7. The zero-order chi connectivity index (χ0) is 21.5. The summed E-state index contributed by atoms with van der Waals surface area (Å²) in [7, 11) is 0. The Labute approximate surface area is 183 Å². The van der Waals surface area contributed by atoms with E-state index in [0.29, 0.717) is 6.61 Å². The third-order valence-corrected chi connectivity index (χ3v) is 5.22. The summed E-state index contributed by atoms with van der Waals surface area (Å²) < 4.78 is 14.5. The Morgan fingerprint density at radius 2 is 1.71 bits per heavy atom. The molecule has 0 aliphatic rings. The van der Waals surface area contributed by atoms with Crippen LogP contribution in [0.1, 0.15) is 30.8 Å². The maximum absolute atomic E-state index is 6.16. The van der Waals surface area contributed by atoms with E-state index >= 15 is 0 Å². The molecule has 1 heterocycles. The van der Waals surface area contributed by atoms with Crippen molar-refractivity contribution in [3.63, 3.8) is 0 Å². The maximum atomic E-state index is 6.16. The number of benzene rings is 3. The molecule has 0 spiro atoms. The summed E-state index contributed by atoms with van der Waals surface area (Å²) in [6.07, 6.45) is 3.42. The Hall–Kier alpha value is -3.53. The standard InChI is InChI=1S/C27H28N2O2/c1-3-12-22-13-7-10-18-26(22)30-20-11-19-29-25-17-9-8-16-24(25)28-27(29)21(2)31-23-14-5-4-6-15-23/h3-10,13-18,21H,1,11-12,19-20H2,2H3. The molecule has 3 aromatic carbocycles. The van der Waals surface area contributed by atoms with E-state index in [9.17, 15) is 0 Å². The summed E-state index contributed by atoms with van der Waals surface area (Å²) in [6.45, 7) is 7.32. The average molecular weight is 413 g/mol. The quantitative estimate of drug-likeness (QED) is 0.224. The number of ether oxygens (including phenoxy) is 2. The van der Waals surface area contributed by atoms with Crippen molar-refractivity contribution in [2.24, 2.45) is 0 Å². The molecule has 1 unspecified atom stereocenters. The highest BCUT2D eigenvalue weighted by molar-refractivity contribution is 5.76. The van der Waals surface area contributed by atoms with Crippen molar-refractivity contribution in [2.45, 2.75) is 32.4 Å². The van der Waals surface area contributed by atoms with Gasteiger partial charge in [-0.2, -0.15) is 0 Å². The Bertz CT molecular complexity index is 1130. The number of aromatic nitrogens is 2. The Kier molecular flexibility index (Phi) is 6.68. The number of hydrogen-bond acceptors (Lipinski definition) is 3. The van der Waals surface area contributed by atoms with Crippen LogP contribution in [-0.2, 0) is 13.0 Å². The van der Waals surface area contributed by atoms with Crippen LogP contribution in [0.2, 0.25) is 0 Å². The highest BCUT2D eigenvalue weighted by atomic mass is 16.5. The molecule has 0 fully saturated rings. The molecule has 0 amide bonds. The van der Waals surface area contributed by atoms with Gasteiger partial charge in [-0.1, -0.05) is 54.6 Å². The first-order chi connectivity index (χ1) is 15.3. The van der Waals surface area contributed by atoms with Gasteiger partial charge in [0.15, 0.2) is 11.9 Å². The number of aryl methyl sites for hydroxylation is 1. The number of imidazole rings is 1. The summed E-state index contributed by atoms with van der Waals surface area (Å²) in [6, 6.07) is 26.3. The summed E-state index contributed by atoms with van der Waals surface area (Å²) in [5.41, 5.74) is 3.27. The van der Waals surface area contributed by atoms with Gasteiger partial charge >= 0.3 is 0 Å². The average Bonchev–Trinajstić information content (AvgIpc) is 3.17. The van der Waals surface area contributed by atoms with Crippen molar-refractivity contribution < 1.29 is 9.47 Å². The van der Waals surface area contributed by atoms with Crippen LogP contribution in [-0.4, -0.2) is 16.2 Å². The summed E-state index contributed by atoms with van der Waals surface area (Å²) >= 11 is 0. The van der Waals surface area contributed by atoms with Gasteiger partial charge in [-0.05, 0) is 55.7 Å². The Morgan fingerprint density at radius 1 is 0.968 bits per heavy atom. The number of fused-ring (bicyclic) bond motifs is 1. The molecule has 1 aromatic heterocycles. The minimum atomic E-state index is -0.163. The molecule has 4 nitrogen and oxygen atoms in total. The largest absolute Gasteiger partial charge is 0.493 e. The van der Waals surface area contributed by atoms with Crippen molar-refractivity contribution in [1.29, 1.82) is 0 Å². The summed E-state index contributed by atoms with van der Waals surface area (Å²) in [4.78, 5) is 4.87. The van der Waals surface area contributed by atoms with E-state index in [0.717, 1.165) is 53.3 Å². The predicted octanol–water partition coefficient (Wildman–Crippen LogP) is 6.37. The second-order valence-corrected chi connectivity index (χ2v) is 7.49. The SMILES string of the molecule is C=CCc1ccccc1OCCCn1c(C(C)Oc2ccccc2)nc2ccccc21. The van der Waals surface area contributed by atoms with Gasteiger partial charge in [0.25, 0.3) is 0 Å². The van der Waals surface area contributed by atoms with Gasteiger partial charge in [-0.3, -0.25) is 0 Å². The normalized spacial score (nSPS) is 11.9. The van der Waals surface area contributed by atoms with E-state index in [2.05, 4.69) is 29.3 Å². The van der Waals surface area contributed by atoms with E-state index in [-0.39, 0.29) is 6.10 Å². The molecule has 1 atom stereocenters. The van der Waals surface area contributed by atoms with E-state index in [1.54, 1.807) is 0 Å². The fourth-order valence-corrected chi connectivity index (χ4v) is 3.77. The number of rotatable bonds is 10. The minimum Gasteiger partial charge on any atom is -0.493 e. The Balaban J connectivity index is 1.48. The van der Waals surface area contributed by atoms with E-state index in [4.69, 9.17) is 14.5 Å². The predicted molar refractivity (Wildman–Crippen MR) is 126 cm³/mol. The zero-order valence-electron chi connectivity index (χ0n) is 17.9. The van der Waals surface area contributed by atoms with Gasteiger partial charge < -0.3 is 14.0 Å². The van der Waals surface area contributed by atoms with Crippen LogP contribution >= 0.6 is 0 Å². The molecule has 0 aliphatic carbocycles. The van der Waals surface area contributed by atoms with Crippen molar-refractivity contribution in [1.82, 2.24) is 9.55 Å². The first kappa shape index (κ1) is 20.7. The number of hydrogen-bond donors (Lipinski definition) is 0. The lowest BCUT2D eigenvalue weighted by Gasteiger charge is -2.17. The smallest absolute Gasteiger partial charge is 0.153 e. The molecule has 0 bridgehead atoms. The van der Waals surface area contributed by atoms with Crippen LogP contribution in [0.15, 0.2) is 91.5 Å².